The lowest BCUT2D eigenvalue weighted by Crippen LogP contribution is -2.28. The molecule has 1 saturated heterocycles. The van der Waals surface area contributed by atoms with Gasteiger partial charge in [-0.15, -0.1) is 0 Å². The first-order valence-corrected chi connectivity index (χ1v) is 9.38. The molecular formula is C22H29N3O. The molecule has 2 aromatic rings. The van der Waals surface area contributed by atoms with Gasteiger partial charge in [-0.2, -0.15) is 0 Å². The maximum Gasteiger partial charge on any atom is 0.255 e. The molecular weight excluding hydrogens is 322 g/mol. The highest BCUT2D eigenvalue weighted by molar-refractivity contribution is 6.04. The van der Waals surface area contributed by atoms with Crippen LogP contribution in [0.2, 0.25) is 0 Å². The Kier molecular flexibility index (Phi) is 6.07. The van der Waals surface area contributed by atoms with Crippen LogP contribution in [0.4, 0.5) is 5.69 Å². The third-order valence-electron chi connectivity index (χ3n) is 4.83. The van der Waals surface area contributed by atoms with E-state index in [2.05, 4.69) is 40.7 Å². The van der Waals surface area contributed by atoms with Crippen molar-refractivity contribution in [1.29, 1.82) is 0 Å². The summed E-state index contributed by atoms with van der Waals surface area (Å²) in [5.41, 5.74) is 5.23. The summed E-state index contributed by atoms with van der Waals surface area (Å²) < 4.78 is 0. The summed E-state index contributed by atoms with van der Waals surface area (Å²) in [5, 5.41) is 6.49. The fraction of sp³-hybridized carbons (Fsp3) is 0.409. The number of carbonyl (C=O) groups excluding carboxylic acids is 1. The first-order chi connectivity index (χ1) is 12.5. The molecule has 0 radical (unpaired) electrons. The number of piperidine rings is 1. The van der Waals surface area contributed by atoms with Crippen molar-refractivity contribution in [2.24, 2.45) is 0 Å². The van der Waals surface area contributed by atoms with Crippen LogP contribution >= 0.6 is 0 Å². The quantitative estimate of drug-likeness (QED) is 0.862. The van der Waals surface area contributed by atoms with E-state index in [4.69, 9.17) is 0 Å². The molecule has 1 atom stereocenters. The highest BCUT2D eigenvalue weighted by Crippen LogP contribution is 2.24. The van der Waals surface area contributed by atoms with Crippen molar-refractivity contribution in [3.63, 3.8) is 0 Å². The summed E-state index contributed by atoms with van der Waals surface area (Å²) in [7, 11) is 4.09. The molecule has 26 heavy (non-hydrogen) atoms. The fourth-order valence-electron chi connectivity index (χ4n) is 3.64. The molecule has 3 rings (SSSR count). The normalized spacial score (nSPS) is 17.3. The third kappa shape index (κ3) is 4.93. The van der Waals surface area contributed by atoms with Crippen molar-refractivity contribution >= 4 is 11.6 Å². The molecule has 0 aliphatic carbocycles. The van der Waals surface area contributed by atoms with Crippen LogP contribution in [0.15, 0.2) is 42.5 Å². The lowest BCUT2D eigenvalue weighted by atomic mass is 9.91. The Labute approximate surface area is 156 Å². The Balaban J connectivity index is 1.68. The second-order valence-corrected chi connectivity index (χ2v) is 7.56. The molecule has 0 saturated carbocycles. The molecule has 4 nitrogen and oxygen atoms in total. The lowest BCUT2D eigenvalue weighted by molar-refractivity contribution is 0.102. The molecule has 1 aliphatic heterocycles. The Hall–Kier alpha value is -2.17. The van der Waals surface area contributed by atoms with Gasteiger partial charge in [0.25, 0.3) is 5.91 Å². The van der Waals surface area contributed by atoms with E-state index >= 15 is 0 Å². The zero-order valence-electron chi connectivity index (χ0n) is 16.0. The van der Waals surface area contributed by atoms with Crippen molar-refractivity contribution < 1.29 is 4.79 Å². The van der Waals surface area contributed by atoms with Gasteiger partial charge in [-0.3, -0.25) is 4.79 Å². The van der Waals surface area contributed by atoms with Crippen LogP contribution in [-0.2, 0) is 6.54 Å². The van der Waals surface area contributed by atoms with Crippen LogP contribution in [0.25, 0.3) is 0 Å². The minimum atomic E-state index is -0.0558. The van der Waals surface area contributed by atoms with Gasteiger partial charge in [0.1, 0.15) is 0 Å². The standard InChI is InChI=1S/C22H29N3O/c1-16-11-17(15-25(2)3)13-21(12-16)24-22(26)19-8-6-18(7-9-19)20-5-4-10-23-14-20/h6-9,11-13,20,23H,4-5,10,14-15H2,1-3H3,(H,24,26). The Morgan fingerprint density at radius 3 is 2.62 bits per heavy atom. The lowest BCUT2D eigenvalue weighted by Gasteiger charge is -2.23. The number of hydrogen-bond acceptors (Lipinski definition) is 3. The molecule has 1 amide bonds. The minimum absolute atomic E-state index is 0.0558. The predicted molar refractivity (Wildman–Crippen MR) is 108 cm³/mol. The summed E-state index contributed by atoms with van der Waals surface area (Å²) in [4.78, 5) is 14.7. The minimum Gasteiger partial charge on any atom is -0.322 e. The van der Waals surface area contributed by atoms with E-state index in [9.17, 15) is 4.79 Å². The molecule has 2 N–H and O–H groups in total. The number of benzene rings is 2. The average molecular weight is 351 g/mol. The Morgan fingerprint density at radius 1 is 1.19 bits per heavy atom. The van der Waals surface area contributed by atoms with Gasteiger partial charge in [0.2, 0.25) is 0 Å². The molecule has 1 aliphatic rings. The zero-order valence-corrected chi connectivity index (χ0v) is 16.0. The number of carbonyl (C=O) groups is 1. The van der Waals surface area contributed by atoms with Crippen LogP contribution < -0.4 is 10.6 Å². The summed E-state index contributed by atoms with van der Waals surface area (Å²) >= 11 is 0. The molecule has 1 unspecified atom stereocenters. The SMILES string of the molecule is Cc1cc(CN(C)C)cc(NC(=O)c2ccc(C3CCCNC3)cc2)c1. The van der Waals surface area contributed by atoms with Gasteiger partial charge in [0.05, 0.1) is 0 Å². The number of rotatable bonds is 5. The predicted octanol–water partition coefficient (Wildman–Crippen LogP) is 3.78. The van der Waals surface area contributed by atoms with Gasteiger partial charge >= 0.3 is 0 Å². The number of hydrogen-bond donors (Lipinski definition) is 2. The average Bonchev–Trinajstić information content (AvgIpc) is 2.61. The molecule has 0 bridgehead atoms. The van der Waals surface area contributed by atoms with Gasteiger partial charge in [0, 0.05) is 24.3 Å². The van der Waals surface area contributed by atoms with Gasteiger partial charge in [0.15, 0.2) is 0 Å². The summed E-state index contributed by atoms with van der Waals surface area (Å²) in [6.45, 7) is 5.06. The summed E-state index contributed by atoms with van der Waals surface area (Å²) in [6.07, 6.45) is 2.44. The van der Waals surface area contributed by atoms with Gasteiger partial charge in [-0.25, -0.2) is 0 Å². The monoisotopic (exact) mass is 351 g/mol. The summed E-state index contributed by atoms with van der Waals surface area (Å²) in [5.74, 6) is 0.506. The Bertz CT molecular complexity index is 746. The molecule has 0 aromatic heterocycles. The molecule has 0 spiro atoms. The second-order valence-electron chi connectivity index (χ2n) is 7.56. The van der Waals surface area contributed by atoms with Crippen LogP contribution in [0.3, 0.4) is 0 Å². The molecule has 4 heteroatoms. The van der Waals surface area contributed by atoms with Crippen molar-refractivity contribution in [3.05, 3.63) is 64.7 Å². The van der Waals surface area contributed by atoms with E-state index in [-0.39, 0.29) is 5.91 Å². The topological polar surface area (TPSA) is 44.4 Å². The van der Waals surface area contributed by atoms with E-state index in [1.807, 2.05) is 38.4 Å². The van der Waals surface area contributed by atoms with E-state index in [0.717, 1.165) is 30.9 Å². The van der Waals surface area contributed by atoms with E-state index in [1.54, 1.807) is 0 Å². The first-order valence-electron chi connectivity index (χ1n) is 9.38. The molecule has 138 valence electrons. The number of anilines is 1. The third-order valence-corrected chi connectivity index (χ3v) is 4.83. The van der Waals surface area contributed by atoms with E-state index < -0.39 is 0 Å². The summed E-state index contributed by atoms with van der Waals surface area (Å²) in [6, 6.07) is 14.3. The number of aryl methyl sites for hydroxylation is 1. The van der Waals surface area contributed by atoms with E-state index in [0.29, 0.717) is 11.5 Å². The number of nitrogens with one attached hydrogen (secondary N) is 2. The molecule has 2 aromatic carbocycles. The van der Waals surface area contributed by atoms with Crippen LogP contribution in [0.1, 0.15) is 45.8 Å². The second kappa shape index (κ2) is 8.47. The maximum atomic E-state index is 12.6. The van der Waals surface area contributed by atoms with E-state index in [1.165, 1.54) is 24.0 Å². The highest BCUT2D eigenvalue weighted by Gasteiger charge is 2.15. The maximum absolute atomic E-state index is 12.6. The van der Waals surface area contributed by atoms with Crippen molar-refractivity contribution in [3.8, 4) is 0 Å². The highest BCUT2D eigenvalue weighted by atomic mass is 16.1. The fourth-order valence-corrected chi connectivity index (χ4v) is 3.64. The number of amides is 1. The molecule has 1 fully saturated rings. The van der Waals surface area contributed by atoms with Gasteiger partial charge < -0.3 is 15.5 Å². The van der Waals surface area contributed by atoms with Crippen molar-refractivity contribution in [2.45, 2.75) is 32.2 Å². The van der Waals surface area contributed by atoms with Crippen molar-refractivity contribution in [1.82, 2.24) is 10.2 Å². The Morgan fingerprint density at radius 2 is 1.96 bits per heavy atom. The number of nitrogens with zero attached hydrogens (tertiary/aromatic N) is 1. The van der Waals surface area contributed by atoms with Crippen LogP contribution in [0, 0.1) is 6.92 Å². The largest absolute Gasteiger partial charge is 0.322 e. The van der Waals surface area contributed by atoms with Crippen molar-refractivity contribution in [2.75, 3.05) is 32.5 Å². The van der Waals surface area contributed by atoms with Gasteiger partial charge in [-0.05, 0) is 87.3 Å². The van der Waals surface area contributed by atoms with Crippen LogP contribution in [-0.4, -0.2) is 38.0 Å². The first kappa shape index (κ1) is 18.6. The van der Waals surface area contributed by atoms with Crippen LogP contribution in [0.5, 0.6) is 0 Å². The molecule has 1 heterocycles. The smallest absolute Gasteiger partial charge is 0.255 e. The zero-order chi connectivity index (χ0) is 18.5. The van der Waals surface area contributed by atoms with Gasteiger partial charge in [-0.1, -0.05) is 18.2 Å².